The van der Waals surface area contributed by atoms with Gasteiger partial charge in [0, 0.05) is 19.5 Å². The molecule has 7 heteroatoms. The van der Waals surface area contributed by atoms with Crippen LogP contribution in [-0.2, 0) is 30.0 Å². The number of carbonyl (C=O) groups excluding carboxylic acids is 1. The highest BCUT2D eigenvalue weighted by Gasteiger charge is 2.22. The zero-order chi connectivity index (χ0) is 19.6. The van der Waals surface area contributed by atoms with Crippen molar-refractivity contribution >= 4 is 18.1 Å². The molecule has 0 bridgehead atoms. The molecule has 0 N–H and O–H groups in total. The number of hydrogen-bond donors (Lipinski definition) is 0. The first kappa shape index (κ1) is 19.8. The minimum Gasteiger partial charge on any atom is -0.412 e. The van der Waals surface area contributed by atoms with Crippen LogP contribution in [-0.4, -0.2) is 39.1 Å². The SMILES string of the molecule is CN(Cc1ccc(C(C)(C)C)cc1)Cn1nc(CN2CCCC2=O)oc1=S. The summed E-state index contributed by atoms with van der Waals surface area (Å²) in [5.74, 6) is 0.652. The fraction of sp³-hybridized carbons (Fsp3) is 0.550. The maximum Gasteiger partial charge on any atom is 0.288 e. The van der Waals surface area contributed by atoms with Crippen molar-refractivity contribution < 1.29 is 9.21 Å². The van der Waals surface area contributed by atoms with Crippen LogP contribution in [0.15, 0.2) is 28.7 Å². The molecule has 6 nitrogen and oxygen atoms in total. The molecule has 1 aliphatic rings. The summed E-state index contributed by atoms with van der Waals surface area (Å²) >= 11 is 5.29. The van der Waals surface area contributed by atoms with Gasteiger partial charge in [-0.1, -0.05) is 45.0 Å². The third-order valence-electron chi connectivity index (χ3n) is 4.79. The third kappa shape index (κ3) is 5.05. The molecule has 1 saturated heterocycles. The smallest absolute Gasteiger partial charge is 0.288 e. The molecule has 1 aliphatic heterocycles. The molecule has 0 saturated carbocycles. The Hall–Kier alpha value is -1.99. The van der Waals surface area contributed by atoms with Gasteiger partial charge >= 0.3 is 0 Å². The summed E-state index contributed by atoms with van der Waals surface area (Å²) in [4.78, 5) is 16.0. The molecule has 0 unspecified atom stereocenters. The van der Waals surface area contributed by atoms with Crippen LogP contribution in [0.1, 0.15) is 50.6 Å². The Balaban J connectivity index is 1.60. The van der Waals surface area contributed by atoms with Gasteiger partial charge in [-0.25, -0.2) is 4.68 Å². The zero-order valence-electron chi connectivity index (χ0n) is 16.6. The van der Waals surface area contributed by atoms with Crippen molar-refractivity contribution in [2.24, 2.45) is 0 Å². The summed E-state index contributed by atoms with van der Waals surface area (Å²) in [6.45, 7) is 9.14. The quantitative estimate of drug-likeness (QED) is 0.706. The van der Waals surface area contributed by atoms with E-state index in [9.17, 15) is 4.79 Å². The molecule has 27 heavy (non-hydrogen) atoms. The first-order valence-electron chi connectivity index (χ1n) is 9.35. The molecule has 0 atom stereocenters. The standard InChI is InChI=1S/C20H28N4O2S/c1-20(2,3)16-9-7-15(8-10-16)12-22(4)14-24-19(27)26-17(21-24)13-23-11-5-6-18(23)25/h7-10H,5-6,11-14H2,1-4H3. The number of benzene rings is 1. The first-order chi connectivity index (χ1) is 12.7. The molecule has 2 heterocycles. The van der Waals surface area contributed by atoms with Crippen LogP contribution in [0, 0.1) is 4.84 Å². The van der Waals surface area contributed by atoms with Gasteiger partial charge in [0.05, 0.1) is 13.2 Å². The predicted molar refractivity (Wildman–Crippen MR) is 107 cm³/mol. The van der Waals surface area contributed by atoms with Gasteiger partial charge in [0.25, 0.3) is 4.84 Å². The molecule has 3 rings (SSSR count). The van der Waals surface area contributed by atoms with E-state index in [1.165, 1.54) is 11.1 Å². The lowest BCUT2D eigenvalue weighted by atomic mass is 9.87. The average molecular weight is 389 g/mol. The Kier molecular flexibility index (Phi) is 5.81. The fourth-order valence-corrected chi connectivity index (χ4v) is 3.43. The highest BCUT2D eigenvalue weighted by Crippen LogP contribution is 2.22. The van der Waals surface area contributed by atoms with Gasteiger partial charge in [-0.2, -0.15) is 0 Å². The number of aromatic nitrogens is 2. The lowest BCUT2D eigenvalue weighted by molar-refractivity contribution is -0.128. The summed E-state index contributed by atoms with van der Waals surface area (Å²) in [6.07, 6.45) is 1.51. The normalized spacial score (nSPS) is 15.1. The minimum absolute atomic E-state index is 0.154. The molecule has 0 aliphatic carbocycles. The topological polar surface area (TPSA) is 54.5 Å². The van der Waals surface area contributed by atoms with Gasteiger partial charge in [-0.05, 0) is 42.2 Å². The van der Waals surface area contributed by atoms with Crippen LogP contribution in [0.25, 0.3) is 0 Å². The second kappa shape index (κ2) is 7.94. The molecule has 1 fully saturated rings. The molecule has 0 radical (unpaired) electrons. The van der Waals surface area contributed by atoms with Crippen LogP contribution >= 0.6 is 12.2 Å². The Bertz CT molecular complexity index is 848. The number of nitrogens with zero attached hydrogens (tertiary/aromatic N) is 4. The van der Waals surface area contributed by atoms with Crippen LogP contribution in [0.2, 0.25) is 0 Å². The predicted octanol–water partition coefficient (Wildman–Crippen LogP) is 3.71. The van der Waals surface area contributed by atoms with E-state index in [4.69, 9.17) is 16.6 Å². The first-order valence-corrected chi connectivity index (χ1v) is 9.76. The summed E-state index contributed by atoms with van der Waals surface area (Å²) in [5.41, 5.74) is 2.72. The van der Waals surface area contributed by atoms with Crippen molar-refractivity contribution in [3.63, 3.8) is 0 Å². The fourth-order valence-electron chi connectivity index (χ4n) is 3.24. The summed E-state index contributed by atoms with van der Waals surface area (Å²) in [7, 11) is 2.03. The number of carbonyl (C=O) groups is 1. The molecule has 146 valence electrons. The van der Waals surface area contributed by atoms with Crippen LogP contribution < -0.4 is 0 Å². The van der Waals surface area contributed by atoms with E-state index < -0.39 is 0 Å². The number of rotatable bonds is 6. The van der Waals surface area contributed by atoms with Crippen molar-refractivity contribution in [1.29, 1.82) is 0 Å². The summed E-state index contributed by atoms with van der Waals surface area (Å²) in [5, 5.41) is 4.45. The second-order valence-corrected chi connectivity index (χ2v) is 8.63. The second-order valence-electron chi connectivity index (χ2n) is 8.28. The highest BCUT2D eigenvalue weighted by atomic mass is 32.1. The number of hydrogen-bond acceptors (Lipinski definition) is 5. The number of amides is 1. The van der Waals surface area contributed by atoms with E-state index in [2.05, 4.69) is 55.0 Å². The van der Waals surface area contributed by atoms with Crippen LogP contribution in [0.5, 0.6) is 0 Å². The van der Waals surface area contributed by atoms with E-state index in [0.717, 1.165) is 19.5 Å². The van der Waals surface area contributed by atoms with Gasteiger partial charge in [-0.15, -0.1) is 5.10 Å². The van der Waals surface area contributed by atoms with Crippen LogP contribution in [0.4, 0.5) is 0 Å². The van der Waals surface area contributed by atoms with Gasteiger partial charge in [-0.3, -0.25) is 9.69 Å². The average Bonchev–Trinajstić information content (AvgIpc) is 3.13. The van der Waals surface area contributed by atoms with Crippen molar-refractivity contribution in [3.8, 4) is 0 Å². The summed E-state index contributed by atoms with van der Waals surface area (Å²) < 4.78 is 7.25. The Morgan fingerprint density at radius 1 is 1.26 bits per heavy atom. The third-order valence-corrected chi connectivity index (χ3v) is 5.09. The van der Waals surface area contributed by atoms with Crippen molar-refractivity contribution in [2.75, 3.05) is 13.6 Å². The van der Waals surface area contributed by atoms with Gasteiger partial charge in [0.2, 0.25) is 11.8 Å². The van der Waals surface area contributed by atoms with E-state index in [0.29, 0.717) is 30.4 Å². The monoisotopic (exact) mass is 388 g/mol. The van der Waals surface area contributed by atoms with Crippen molar-refractivity contribution in [3.05, 3.63) is 46.1 Å². The van der Waals surface area contributed by atoms with Gasteiger partial charge < -0.3 is 9.32 Å². The van der Waals surface area contributed by atoms with Crippen molar-refractivity contribution in [2.45, 2.75) is 58.8 Å². The van der Waals surface area contributed by atoms with Crippen LogP contribution in [0.3, 0.4) is 0 Å². The Morgan fingerprint density at radius 3 is 2.56 bits per heavy atom. The highest BCUT2D eigenvalue weighted by molar-refractivity contribution is 7.71. The zero-order valence-corrected chi connectivity index (χ0v) is 17.4. The molecule has 0 spiro atoms. The minimum atomic E-state index is 0.154. The summed E-state index contributed by atoms with van der Waals surface area (Å²) in [6, 6.07) is 8.72. The molecule has 1 aromatic heterocycles. The lowest BCUT2D eigenvalue weighted by Gasteiger charge is -2.20. The molecular weight excluding hydrogens is 360 g/mol. The molecular formula is C20H28N4O2S. The molecule has 2 aromatic rings. The van der Waals surface area contributed by atoms with E-state index >= 15 is 0 Å². The van der Waals surface area contributed by atoms with Gasteiger partial charge in [0.1, 0.15) is 0 Å². The van der Waals surface area contributed by atoms with Crippen molar-refractivity contribution in [1.82, 2.24) is 19.6 Å². The van der Waals surface area contributed by atoms with E-state index in [1.807, 2.05) is 7.05 Å². The number of likely N-dealkylation sites (tertiary alicyclic amines) is 1. The molecule has 1 amide bonds. The maximum atomic E-state index is 11.8. The maximum absolute atomic E-state index is 11.8. The largest absolute Gasteiger partial charge is 0.412 e. The van der Waals surface area contributed by atoms with Gasteiger partial charge in [0.15, 0.2) is 0 Å². The van der Waals surface area contributed by atoms with E-state index in [1.54, 1.807) is 9.58 Å². The van der Waals surface area contributed by atoms with E-state index in [-0.39, 0.29) is 11.3 Å². The Labute approximate surface area is 165 Å². The molecule has 1 aromatic carbocycles. The lowest BCUT2D eigenvalue weighted by Crippen LogP contribution is -2.25. The Morgan fingerprint density at radius 2 is 1.96 bits per heavy atom.